The third-order valence-electron chi connectivity index (χ3n) is 7.09. The third-order valence-corrected chi connectivity index (χ3v) is 11.8. The lowest BCUT2D eigenvalue weighted by atomic mass is 10.1. The van der Waals surface area contributed by atoms with Gasteiger partial charge < -0.3 is 5.32 Å². The van der Waals surface area contributed by atoms with E-state index in [2.05, 4.69) is 133 Å². The van der Waals surface area contributed by atoms with Crippen molar-refractivity contribution in [2.24, 2.45) is 0 Å². The molecule has 5 aromatic carbocycles. The first-order valence-electron chi connectivity index (χ1n) is 12.3. The Morgan fingerprint density at radius 3 is 1.58 bits per heavy atom. The zero-order valence-electron chi connectivity index (χ0n) is 20.1. The van der Waals surface area contributed by atoms with Crippen LogP contribution in [0.25, 0.3) is 11.1 Å². The van der Waals surface area contributed by atoms with Crippen molar-refractivity contribution < 1.29 is 4.79 Å². The van der Waals surface area contributed by atoms with Gasteiger partial charge >= 0.3 is 0 Å². The standard InChI is InChI=1S/C33H26NOP/c1-24(35)34-25-21-22-30-29-19-11-12-20-31(29)33(32(30)23-25)36(26-13-5-2-6-14-26,27-15-7-3-8-16-27)28-17-9-4-10-18-28/h2-23,33H,1H3/p+1/t33-/m1/s1. The molecule has 1 N–H and O–H groups in total. The summed E-state index contributed by atoms with van der Waals surface area (Å²) in [5.41, 5.74) is 6.09. The summed E-state index contributed by atoms with van der Waals surface area (Å²) in [4.78, 5) is 12.0. The summed E-state index contributed by atoms with van der Waals surface area (Å²) >= 11 is 0. The van der Waals surface area contributed by atoms with E-state index in [1.807, 2.05) is 6.07 Å². The average Bonchev–Trinajstić information content (AvgIpc) is 3.25. The van der Waals surface area contributed by atoms with Crippen molar-refractivity contribution >= 4 is 34.8 Å². The molecule has 0 saturated heterocycles. The summed E-state index contributed by atoms with van der Waals surface area (Å²) in [5.74, 6) is -0.0581. The highest BCUT2D eigenvalue weighted by atomic mass is 31.2. The second-order valence-electron chi connectivity index (χ2n) is 9.20. The summed E-state index contributed by atoms with van der Waals surface area (Å²) in [6, 6.07) is 48.2. The van der Waals surface area contributed by atoms with Crippen molar-refractivity contribution in [2.75, 3.05) is 5.32 Å². The molecule has 1 aliphatic carbocycles. The highest BCUT2D eigenvalue weighted by Crippen LogP contribution is 2.72. The molecule has 0 bridgehead atoms. The van der Waals surface area contributed by atoms with Crippen LogP contribution in [-0.2, 0) is 4.79 Å². The van der Waals surface area contributed by atoms with Crippen LogP contribution in [0, 0.1) is 0 Å². The first-order valence-corrected chi connectivity index (χ1v) is 14.1. The van der Waals surface area contributed by atoms with Gasteiger partial charge in [-0.05, 0) is 59.7 Å². The molecule has 0 radical (unpaired) electrons. The lowest BCUT2D eigenvalue weighted by Gasteiger charge is -2.34. The minimum absolute atomic E-state index is 0.0581. The molecule has 0 spiro atoms. The molecule has 6 rings (SSSR count). The maximum atomic E-state index is 12.0. The van der Waals surface area contributed by atoms with E-state index in [1.54, 1.807) is 6.92 Å². The van der Waals surface area contributed by atoms with Gasteiger partial charge in [0.25, 0.3) is 0 Å². The quantitative estimate of drug-likeness (QED) is 0.276. The van der Waals surface area contributed by atoms with Crippen LogP contribution >= 0.6 is 7.26 Å². The highest BCUT2D eigenvalue weighted by Gasteiger charge is 2.56. The molecular weight excluding hydrogens is 457 g/mol. The van der Waals surface area contributed by atoms with Crippen LogP contribution in [0.3, 0.4) is 0 Å². The van der Waals surface area contributed by atoms with E-state index in [1.165, 1.54) is 38.2 Å². The summed E-state index contributed by atoms with van der Waals surface area (Å²) in [7, 11) is -2.23. The van der Waals surface area contributed by atoms with Gasteiger partial charge in [-0.2, -0.15) is 0 Å². The van der Waals surface area contributed by atoms with Crippen molar-refractivity contribution in [1.82, 2.24) is 0 Å². The fourth-order valence-electron chi connectivity index (χ4n) is 5.76. The van der Waals surface area contributed by atoms with Crippen LogP contribution in [0.1, 0.15) is 23.7 Å². The van der Waals surface area contributed by atoms with Gasteiger partial charge in [0, 0.05) is 23.7 Å². The van der Waals surface area contributed by atoms with Crippen LogP contribution in [0.2, 0.25) is 0 Å². The molecule has 174 valence electrons. The molecule has 5 aromatic rings. The zero-order valence-corrected chi connectivity index (χ0v) is 21.0. The van der Waals surface area contributed by atoms with Gasteiger partial charge in [-0.25, -0.2) is 0 Å². The van der Waals surface area contributed by atoms with Gasteiger partial charge in [0.2, 0.25) is 5.91 Å². The SMILES string of the molecule is CC(=O)Nc1ccc2c(c1)[C@H]([P+](c1ccccc1)(c1ccccc1)c1ccccc1)c1ccccc1-2. The van der Waals surface area contributed by atoms with Crippen LogP contribution in [-0.4, -0.2) is 5.91 Å². The minimum atomic E-state index is -2.23. The lowest BCUT2D eigenvalue weighted by Crippen LogP contribution is -2.35. The van der Waals surface area contributed by atoms with E-state index in [4.69, 9.17) is 0 Å². The number of nitrogens with one attached hydrogen (secondary N) is 1. The van der Waals surface area contributed by atoms with E-state index < -0.39 is 7.26 Å². The maximum absolute atomic E-state index is 12.0. The van der Waals surface area contributed by atoms with Gasteiger partial charge in [0.15, 0.2) is 0 Å². The van der Waals surface area contributed by atoms with Gasteiger partial charge in [0.05, 0.1) is 0 Å². The molecule has 0 aliphatic heterocycles. The molecule has 36 heavy (non-hydrogen) atoms. The molecule has 0 fully saturated rings. The van der Waals surface area contributed by atoms with E-state index in [9.17, 15) is 4.79 Å². The number of benzene rings is 5. The highest BCUT2D eigenvalue weighted by molar-refractivity contribution is 7.96. The Morgan fingerprint density at radius 1 is 0.583 bits per heavy atom. The van der Waals surface area contributed by atoms with Crippen LogP contribution in [0.4, 0.5) is 5.69 Å². The van der Waals surface area contributed by atoms with E-state index in [0.29, 0.717) is 0 Å². The number of rotatable bonds is 5. The van der Waals surface area contributed by atoms with Crippen molar-refractivity contribution in [1.29, 1.82) is 0 Å². The topological polar surface area (TPSA) is 29.1 Å². The monoisotopic (exact) mass is 484 g/mol. The fraction of sp³-hybridized carbons (Fsp3) is 0.0606. The Morgan fingerprint density at radius 2 is 1.06 bits per heavy atom. The molecule has 2 nitrogen and oxygen atoms in total. The van der Waals surface area contributed by atoms with Crippen molar-refractivity contribution in [3.63, 3.8) is 0 Å². The number of carbonyl (C=O) groups is 1. The molecule has 0 unspecified atom stereocenters. The Bertz CT molecular complexity index is 1430. The lowest BCUT2D eigenvalue weighted by molar-refractivity contribution is -0.114. The minimum Gasteiger partial charge on any atom is -0.326 e. The predicted molar refractivity (Wildman–Crippen MR) is 153 cm³/mol. The Hall–Kier alpha value is -4.00. The third kappa shape index (κ3) is 3.58. The molecule has 0 heterocycles. The summed E-state index contributed by atoms with van der Waals surface area (Å²) in [6.07, 6.45) is 0. The molecule has 1 aliphatic rings. The number of hydrogen-bond acceptors (Lipinski definition) is 1. The molecule has 0 aromatic heterocycles. The van der Waals surface area contributed by atoms with Gasteiger partial charge in [-0.1, -0.05) is 84.9 Å². The van der Waals surface area contributed by atoms with E-state index >= 15 is 0 Å². The Balaban J connectivity index is 1.75. The van der Waals surface area contributed by atoms with Crippen molar-refractivity contribution in [3.05, 3.63) is 145 Å². The first kappa shape index (κ1) is 22.5. The maximum Gasteiger partial charge on any atom is 0.221 e. The smallest absolute Gasteiger partial charge is 0.221 e. The Labute approximate surface area is 213 Å². The van der Waals surface area contributed by atoms with E-state index in [0.717, 1.165) is 5.69 Å². The normalized spacial score (nSPS) is 14.1. The molecule has 0 saturated carbocycles. The molecule has 3 heteroatoms. The Kier molecular flexibility index (Phi) is 5.76. The van der Waals surface area contributed by atoms with Crippen LogP contribution in [0.15, 0.2) is 133 Å². The largest absolute Gasteiger partial charge is 0.326 e. The number of amides is 1. The number of fused-ring (bicyclic) bond motifs is 3. The number of hydrogen-bond donors (Lipinski definition) is 1. The van der Waals surface area contributed by atoms with Gasteiger partial charge in [-0.3, -0.25) is 4.79 Å². The van der Waals surface area contributed by atoms with Gasteiger partial charge in [-0.15, -0.1) is 0 Å². The molecular formula is C33H27NOP+. The second-order valence-corrected chi connectivity index (χ2v) is 12.7. The summed E-state index contributed by atoms with van der Waals surface area (Å²) < 4.78 is 0. The first-order chi connectivity index (χ1) is 17.7. The molecule has 1 amide bonds. The van der Waals surface area contributed by atoms with Crippen LogP contribution in [0.5, 0.6) is 0 Å². The zero-order chi connectivity index (χ0) is 24.5. The second kappa shape index (κ2) is 9.22. The van der Waals surface area contributed by atoms with Crippen molar-refractivity contribution in [2.45, 2.75) is 12.6 Å². The van der Waals surface area contributed by atoms with Gasteiger partial charge in [0.1, 0.15) is 28.8 Å². The fourth-order valence-corrected chi connectivity index (χ4v) is 10.8. The number of carbonyl (C=O) groups excluding carboxylic acids is 1. The summed E-state index contributed by atoms with van der Waals surface area (Å²) in [5, 5.41) is 7.07. The van der Waals surface area contributed by atoms with Crippen LogP contribution < -0.4 is 21.2 Å². The van der Waals surface area contributed by atoms with Crippen molar-refractivity contribution in [3.8, 4) is 11.1 Å². The average molecular weight is 485 g/mol. The predicted octanol–water partition coefficient (Wildman–Crippen LogP) is 6.71. The number of anilines is 1. The molecule has 1 atom stereocenters. The summed E-state index contributed by atoms with van der Waals surface area (Å²) in [6.45, 7) is 1.56. The van der Waals surface area contributed by atoms with E-state index in [-0.39, 0.29) is 11.6 Å².